The number of benzene rings is 2. The van der Waals surface area contributed by atoms with Gasteiger partial charge in [-0.1, -0.05) is 24.3 Å². The normalized spacial score (nSPS) is 11.1. The summed E-state index contributed by atoms with van der Waals surface area (Å²) in [5.74, 6) is 1.79. The van der Waals surface area contributed by atoms with Crippen molar-refractivity contribution in [1.29, 1.82) is 0 Å². The van der Waals surface area contributed by atoms with E-state index in [0.717, 1.165) is 28.1 Å². The van der Waals surface area contributed by atoms with Gasteiger partial charge in [-0.25, -0.2) is 9.37 Å². The maximum atomic E-state index is 13.5. The number of oxazole rings is 1. The molecule has 1 aromatic heterocycles. The monoisotopic (exact) mass is 526 g/mol. The Balaban J connectivity index is 0.00000300. The Morgan fingerprint density at radius 1 is 1.10 bits per heavy atom. The summed E-state index contributed by atoms with van der Waals surface area (Å²) in [6.45, 7) is 1.04. The summed E-state index contributed by atoms with van der Waals surface area (Å²) in [5.41, 5.74) is 3.76. The fraction of sp³-hybridized carbons (Fsp3) is 0.238. The summed E-state index contributed by atoms with van der Waals surface area (Å²) in [7, 11) is 1.71. The van der Waals surface area contributed by atoms with Gasteiger partial charge >= 0.3 is 0 Å². The standard InChI is InChI=1S/C21H23FN4OS.HI/c1-23-21(24-11-16-8-9-18(22)10-17(16)14-28-2)25-12-19-13-27-20(26-19)15-6-4-3-5-7-15;/h3-10,13H,11-12,14H2,1-2H3,(H2,23,24,25);1H. The summed E-state index contributed by atoms with van der Waals surface area (Å²) in [4.78, 5) is 8.73. The van der Waals surface area contributed by atoms with Crippen LogP contribution >= 0.6 is 35.7 Å². The number of halogens is 2. The van der Waals surface area contributed by atoms with Gasteiger partial charge in [0.15, 0.2) is 5.96 Å². The number of guanidine groups is 1. The second-order valence-electron chi connectivity index (χ2n) is 6.14. The minimum Gasteiger partial charge on any atom is -0.444 e. The molecule has 5 nitrogen and oxygen atoms in total. The predicted molar refractivity (Wildman–Crippen MR) is 128 cm³/mol. The number of hydrogen-bond acceptors (Lipinski definition) is 4. The Hall–Kier alpha value is -2.07. The van der Waals surface area contributed by atoms with Crippen molar-refractivity contribution < 1.29 is 8.81 Å². The fourth-order valence-corrected chi connectivity index (χ4v) is 3.31. The predicted octanol–water partition coefficient (Wildman–Crippen LogP) is 4.83. The number of hydrogen-bond donors (Lipinski definition) is 2. The maximum Gasteiger partial charge on any atom is 0.226 e. The Morgan fingerprint density at radius 2 is 1.86 bits per heavy atom. The highest BCUT2D eigenvalue weighted by atomic mass is 127. The molecule has 3 aromatic rings. The van der Waals surface area contributed by atoms with Crippen molar-refractivity contribution in [2.75, 3.05) is 13.3 Å². The molecule has 0 unspecified atom stereocenters. The van der Waals surface area contributed by atoms with Crippen molar-refractivity contribution in [2.24, 2.45) is 4.99 Å². The lowest BCUT2D eigenvalue weighted by molar-refractivity contribution is 0.572. The Morgan fingerprint density at radius 3 is 2.59 bits per heavy atom. The topological polar surface area (TPSA) is 62.5 Å². The van der Waals surface area contributed by atoms with Crippen LogP contribution < -0.4 is 10.6 Å². The quantitative estimate of drug-likeness (QED) is 0.263. The molecule has 29 heavy (non-hydrogen) atoms. The van der Waals surface area contributed by atoms with Crippen molar-refractivity contribution >= 4 is 41.7 Å². The van der Waals surface area contributed by atoms with Crippen LogP contribution in [0.3, 0.4) is 0 Å². The van der Waals surface area contributed by atoms with Crippen LogP contribution in [-0.4, -0.2) is 24.2 Å². The lowest BCUT2D eigenvalue weighted by Crippen LogP contribution is -2.36. The molecule has 8 heteroatoms. The van der Waals surface area contributed by atoms with Crippen molar-refractivity contribution in [1.82, 2.24) is 15.6 Å². The van der Waals surface area contributed by atoms with E-state index in [-0.39, 0.29) is 29.8 Å². The van der Waals surface area contributed by atoms with Crippen LogP contribution in [0.25, 0.3) is 11.5 Å². The van der Waals surface area contributed by atoms with E-state index in [9.17, 15) is 4.39 Å². The highest BCUT2D eigenvalue weighted by Gasteiger charge is 2.08. The summed E-state index contributed by atoms with van der Waals surface area (Å²) in [6.07, 6.45) is 3.64. The first kappa shape index (κ1) is 23.2. The molecule has 1 heterocycles. The molecule has 0 aliphatic rings. The number of thioether (sulfide) groups is 1. The van der Waals surface area contributed by atoms with Crippen LogP contribution in [-0.2, 0) is 18.8 Å². The van der Waals surface area contributed by atoms with E-state index < -0.39 is 0 Å². The van der Waals surface area contributed by atoms with E-state index >= 15 is 0 Å². The number of nitrogens with zero attached hydrogens (tertiary/aromatic N) is 2. The molecule has 3 rings (SSSR count). The molecule has 0 atom stereocenters. The number of nitrogens with one attached hydrogen (secondary N) is 2. The fourth-order valence-electron chi connectivity index (χ4n) is 2.73. The van der Waals surface area contributed by atoms with Crippen LogP contribution in [0.1, 0.15) is 16.8 Å². The smallest absolute Gasteiger partial charge is 0.226 e. The number of aromatic nitrogens is 1. The summed E-state index contributed by atoms with van der Waals surface area (Å²) in [6, 6.07) is 14.6. The molecule has 0 amide bonds. The third kappa shape index (κ3) is 6.74. The van der Waals surface area contributed by atoms with Crippen molar-refractivity contribution in [3.8, 4) is 11.5 Å². The van der Waals surface area contributed by atoms with Gasteiger partial charge in [0, 0.05) is 24.9 Å². The molecule has 0 aliphatic carbocycles. The Kier molecular flexibility index (Phi) is 9.46. The molecule has 2 N–H and O–H groups in total. The molecular weight excluding hydrogens is 502 g/mol. The van der Waals surface area contributed by atoms with Crippen molar-refractivity contribution in [3.63, 3.8) is 0 Å². The molecule has 0 fully saturated rings. The minimum absolute atomic E-state index is 0. The maximum absolute atomic E-state index is 13.5. The van der Waals surface area contributed by atoms with Gasteiger partial charge in [0.2, 0.25) is 5.89 Å². The highest BCUT2D eigenvalue weighted by molar-refractivity contribution is 14.0. The third-order valence-corrected chi connectivity index (χ3v) is 4.75. The van der Waals surface area contributed by atoms with Gasteiger partial charge in [0.25, 0.3) is 0 Å². The zero-order chi connectivity index (χ0) is 19.8. The largest absolute Gasteiger partial charge is 0.444 e. The average molecular weight is 526 g/mol. The van der Waals surface area contributed by atoms with Gasteiger partial charge in [-0.15, -0.1) is 24.0 Å². The number of aliphatic imine (C=N–C) groups is 1. The van der Waals surface area contributed by atoms with Crippen LogP contribution in [0.2, 0.25) is 0 Å². The zero-order valence-electron chi connectivity index (χ0n) is 16.3. The van der Waals surface area contributed by atoms with E-state index in [1.54, 1.807) is 31.1 Å². The van der Waals surface area contributed by atoms with Gasteiger partial charge in [0.05, 0.1) is 12.2 Å². The van der Waals surface area contributed by atoms with E-state index in [1.165, 1.54) is 6.07 Å². The van der Waals surface area contributed by atoms with Crippen LogP contribution in [0.4, 0.5) is 4.39 Å². The lowest BCUT2D eigenvalue weighted by Gasteiger charge is -2.13. The van der Waals surface area contributed by atoms with E-state index in [1.807, 2.05) is 42.7 Å². The SMILES string of the molecule is CN=C(NCc1coc(-c2ccccc2)n1)NCc1ccc(F)cc1CSC.I. The van der Waals surface area contributed by atoms with Gasteiger partial charge in [-0.3, -0.25) is 4.99 Å². The second-order valence-corrected chi connectivity index (χ2v) is 7.00. The molecule has 2 aromatic carbocycles. The molecule has 0 radical (unpaired) electrons. The van der Waals surface area contributed by atoms with Gasteiger partial charge in [-0.05, 0) is 41.6 Å². The zero-order valence-corrected chi connectivity index (χ0v) is 19.5. The van der Waals surface area contributed by atoms with E-state index in [0.29, 0.717) is 24.9 Å². The Labute approximate surface area is 191 Å². The molecule has 154 valence electrons. The van der Waals surface area contributed by atoms with E-state index in [2.05, 4.69) is 20.6 Å². The first-order chi connectivity index (χ1) is 13.7. The summed E-state index contributed by atoms with van der Waals surface area (Å²) in [5, 5.41) is 6.48. The highest BCUT2D eigenvalue weighted by Crippen LogP contribution is 2.18. The van der Waals surface area contributed by atoms with Crippen molar-refractivity contribution in [2.45, 2.75) is 18.8 Å². The lowest BCUT2D eigenvalue weighted by atomic mass is 10.1. The molecule has 0 saturated heterocycles. The first-order valence-electron chi connectivity index (χ1n) is 8.90. The summed E-state index contributed by atoms with van der Waals surface area (Å²) < 4.78 is 19.0. The summed E-state index contributed by atoms with van der Waals surface area (Å²) >= 11 is 1.67. The minimum atomic E-state index is -0.212. The molecular formula is C21H24FIN4OS. The third-order valence-electron chi connectivity index (χ3n) is 4.15. The van der Waals surface area contributed by atoms with Crippen LogP contribution in [0.5, 0.6) is 0 Å². The van der Waals surface area contributed by atoms with E-state index in [4.69, 9.17) is 4.42 Å². The van der Waals surface area contributed by atoms with Gasteiger partial charge in [0.1, 0.15) is 12.1 Å². The van der Waals surface area contributed by atoms with Crippen LogP contribution in [0, 0.1) is 5.82 Å². The Bertz CT molecular complexity index is 933. The number of rotatable bonds is 7. The molecule has 0 aliphatic heterocycles. The van der Waals surface area contributed by atoms with Crippen molar-refractivity contribution in [3.05, 3.63) is 77.4 Å². The first-order valence-corrected chi connectivity index (χ1v) is 10.3. The molecule has 0 bridgehead atoms. The molecule has 0 spiro atoms. The van der Waals surface area contributed by atoms with Crippen LogP contribution in [0.15, 0.2) is 64.2 Å². The molecule has 0 saturated carbocycles. The van der Waals surface area contributed by atoms with Gasteiger partial charge < -0.3 is 15.1 Å². The second kappa shape index (κ2) is 11.8. The average Bonchev–Trinajstić information content (AvgIpc) is 3.19. The van der Waals surface area contributed by atoms with Gasteiger partial charge in [-0.2, -0.15) is 11.8 Å².